The highest BCUT2D eigenvalue weighted by atomic mass is 16.4. The number of hydrogen-bond acceptors (Lipinski definition) is 2. The fourth-order valence-corrected chi connectivity index (χ4v) is 2.47. The Morgan fingerprint density at radius 3 is 1.76 bits per heavy atom. The first-order valence-corrected chi connectivity index (χ1v) is 8.49. The maximum absolute atomic E-state index is 10.8. The number of unbranched alkanes of at least 4 members (excludes halogenated alkanes) is 11. The van der Waals surface area contributed by atoms with Gasteiger partial charge in [-0.05, 0) is 12.0 Å². The molecule has 0 radical (unpaired) electrons. The summed E-state index contributed by atoms with van der Waals surface area (Å²) in [5.41, 5.74) is 8.27. The van der Waals surface area contributed by atoms with Gasteiger partial charge >= 0.3 is 5.97 Å². The number of aliphatic carboxylic acids is 1. The highest BCUT2D eigenvalue weighted by Crippen LogP contribution is 2.13. The molecule has 0 fully saturated rings. The number of rotatable bonds is 15. The maximum Gasteiger partial charge on any atom is 0.312 e. The van der Waals surface area contributed by atoms with Crippen LogP contribution in [0.2, 0.25) is 0 Å². The lowest BCUT2D eigenvalue weighted by Crippen LogP contribution is -2.16. The molecule has 0 saturated carbocycles. The number of azide groups is 1. The Kier molecular flexibility index (Phi) is 14.3. The first kappa shape index (κ1) is 19.8. The van der Waals surface area contributed by atoms with Gasteiger partial charge in [0.15, 0.2) is 0 Å². The van der Waals surface area contributed by atoms with E-state index < -0.39 is 12.0 Å². The molecule has 0 bridgehead atoms. The van der Waals surface area contributed by atoms with Crippen LogP contribution in [0.25, 0.3) is 10.4 Å². The van der Waals surface area contributed by atoms with Crippen molar-refractivity contribution >= 4 is 5.97 Å². The Morgan fingerprint density at radius 2 is 1.38 bits per heavy atom. The molecule has 0 aliphatic carbocycles. The van der Waals surface area contributed by atoms with Gasteiger partial charge in [0.05, 0.1) is 0 Å². The van der Waals surface area contributed by atoms with Crippen LogP contribution >= 0.6 is 0 Å². The fraction of sp³-hybridized carbons (Fsp3) is 0.938. The van der Waals surface area contributed by atoms with Crippen LogP contribution in [0, 0.1) is 0 Å². The summed E-state index contributed by atoms with van der Waals surface area (Å²) in [7, 11) is 0. The maximum atomic E-state index is 10.8. The van der Waals surface area contributed by atoms with Crippen LogP contribution in [0.15, 0.2) is 5.11 Å². The molecule has 0 saturated heterocycles. The second-order valence-corrected chi connectivity index (χ2v) is 5.74. The number of carbonyl (C=O) groups is 1. The van der Waals surface area contributed by atoms with Crippen LogP contribution in [0.4, 0.5) is 0 Å². The average molecular weight is 297 g/mol. The van der Waals surface area contributed by atoms with E-state index in [2.05, 4.69) is 16.9 Å². The summed E-state index contributed by atoms with van der Waals surface area (Å²) in [6, 6.07) is -0.891. The molecule has 21 heavy (non-hydrogen) atoms. The normalized spacial score (nSPS) is 11.9. The molecule has 5 heteroatoms. The molecule has 0 amide bonds. The minimum Gasteiger partial charge on any atom is -0.481 e. The molecule has 0 rings (SSSR count). The molecule has 0 aromatic carbocycles. The molecule has 0 aliphatic rings. The fourth-order valence-electron chi connectivity index (χ4n) is 2.47. The van der Waals surface area contributed by atoms with Gasteiger partial charge in [0, 0.05) is 4.91 Å². The van der Waals surface area contributed by atoms with Gasteiger partial charge in [0.25, 0.3) is 0 Å². The average Bonchev–Trinajstić information content (AvgIpc) is 2.47. The molecule has 0 spiro atoms. The van der Waals surface area contributed by atoms with Crippen molar-refractivity contribution in [3.63, 3.8) is 0 Å². The summed E-state index contributed by atoms with van der Waals surface area (Å²) in [4.78, 5) is 13.3. The lowest BCUT2D eigenvalue weighted by Gasteiger charge is -2.05. The van der Waals surface area contributed by atoms with E-state index in [1.54, 1.807) is 0 Å². The summed E-state index contributed by atoms with van der Waals surface area (Å²) < 4.78 is 0. The van der Waals surface area contributed by atoms with Crippen molar-refractivity contribution in [1.29, 1.82) is 0 Å². The van der Waals surface area contributed by atoms with Gasteiger partial charge < -0.3 is 5.11 Å². The largest absolute Gasteiger partial charge is 0.481 e. The highest BCUT2D eigenvalue weighted by Gasteiger charge is 2.14. The molecule has 0 unspecified atom stereocenters. The van der Waals surface area contributed by atoms with Gasteiger partial charge in [-0.25, -0.2) is 0 Å². The minimum atomic E-state index is -1.02. The van der Waals surface area contributed by atoms with Crippen molar-refractivity contribution < 1.29 is 9.90 Å². The van der Waals surface area contributed by atoms with Crippen molar-refractivity contribution in [2.24, 2.45) is 5.11 Å². The molecule has 0 aliphatic heterocycles. The van der Waals surface area contributed by atoms with Crippen molar-refractivity contribution in [2.75, 3.05) is 0 Å². The third-order valence-corrected chi connectivity index (χ3v) is 3.81. The van der Waals surface area contributed by atoms with E-state index in [1.807, 2.05) is 0 Å². The first-order valence-electron chi connectivity index (χ1n) is 8.49. The summed E-state index contributed by atoms with van der Waals surface area (Å²) in [5, 5.41) is 12.1. The minimum absolute atomic E-state index is 0.455. The van der Waals surface area contributed by atoms with Gasteiger partial charge in [-0.2, -0.15) is 0 Å². The van der Waals surface area contributed by atoms with Crippen LogP contribution in [-0.4, -0.2) is 17.1 Å². The van der Waals surface area contributed by atoms with E-state index in [0.717, 1.165) is 19.3 Å². The second kappa shape index (κ2) is 15.2. The Morgan fingerprint density at radius 1 is 0.952 bits per heavy atom. The van der Waals surface area contributed by atoms with Gasteiger partial charge in [-0.3, -0.25) is 4.79 Å². The van der Waals surface area contributed by atoms with Crippen LogP contribution in [0.5, 0.6) is 0 Å². The molecule has 0 aromatic rings. The molecule has 5 nitrogen and oxygen atoms in total. The zero-order chi connectivity index (χ0) is 15.8. The number of carboxylic acids is 1. The first-order chi connectivity index (χ1) is 10.2. The number of carboxylic acid groups (broad SMARTS) is 1. The molecule has 0 heterocycles. The van der Waals surface area contributed by atoms with Crippen molar-refractivity contribution in [2.45, 2.75) is 96.4 Å². The summed E-state index contributed by atoms with van der Waals surface area (Å²) in [6.45, 7) is 2.24. The Balaban J connectivity index is 3.28. The van der Waals surface area contributed by atoms with Crippen LogP contribution < -0.4 is 0 Å². The third-order valence-electron chi connectivity index (χ3n) is 3.81. The van der Waals surface area contributed by atoms with Crippen molar-refractivity contribution in [3.05, 3.63) is 10.4 Å². The van der Waals surface area contributed by atoms with Crippen LogP contribution in [0.1, 0.15) is 90.4 Å². The van der Waals surface area contributed by atoms with E-state index in [1.165, 1.54) is 57.8 Å². The molecule has 0 aromatic heterocycles. The quantitative estimate of drug-likeness (QED) is 0.178. The molecule has 1 atom stereocenters. The van der Waals surface area contributed by atoms with Gasteiger partial charge in [-0.15, -0.1) is 0 Å². The van der Waals surface area contributed by atoms with Gasteiger partial charge in [0.1, 0.15) is 6.04 Å². The molecular weight excluding hydrogens is 266 g/mol. The SMILES string of the molecule is CCCCCCCCCCCCCC[C@H](N=[N+]=[N-])C(=O)O. The van der Waals surface area contributed by atoms with Crippen LogP contribution in [-0.2, 0) is 4.79 Å². The zero-order valence-corrected chi connectivity index (χ0v) is 13.5. The van der Waals surface area contributed by atoms with E-state index in [0.29, 0.717) is 6.42 Å². The number of nitrogens with zero attached hydrogens (tertiary/aromatic N) is 3. The zero-order valence-electron chi connectivity index (χ0n) is 13.5. The second-order valence-electron chi connectivity index (χ2n) is 5.74. The standard InChI is InChI=1S/C16H31N3O2/c1-2-3-4-5-6-7-8-9-10-11-12-13-14-15(16(20)21)18-19-17/h15H,2-14H2,1H3,(H,20,21)/t15-/m0/s1. The monoisotopic (exact) mass is 297 g/mol. The molecule has 122 valence electrons. The third kappa shape index (κ3) is 13.5. The number of hydrogen-bond donors (Lipinski definition) is 1. The Hall–Kier alpha value is -1.22. The lowest BCUT2D eigenvalue weighted by molar-refractivity contribution is -0.138. The lowest BCUT2D eigenvalue weighted by atomic mass is 10.0. The van der Waals surface area contributed by atoms with Crippen LogP contribution in [0.3, 0.4) is 0 Å². The molecule has 1 N–H and O–H groups in total. The summed E-state index contributed by atoms with van der Waals surface area (Å²) >= 11 is 0. The topological polar surface area (TPSA) is 86.1 Å². The Labute approximate surface area is 128 Å². The van der Waals surface area contributed by atoms with E-state index in [9.17, 15) is 4.79 Å². The van der Waals surface area contributed by atoms with Gasteiger partial charge in [0.2, 0.25) is 0 Å². The van der Waals surface area contributed by atoms with E-state index >= 15 is 0 Å². The predicted molar refractivity (Wildman–Crippen MR) is 86.3 cm³/mol. The molecular formula is C16H31N3O2. The smallest absolute Gasteiger partial charge is 0.312 e. The van der Waals surface area contributed by atoms with E-state index in [4.69, 9.17) is 10.6 Å². The summed E-state index contributed by atoms with van der Waals surface area (Å²) in [5.74, 6) is -1.02. The van der Waals surface area contributed by atoms with Crippen molar-refractivity contribution in [3.8, 4) is 0 Å². The Bertz CT molecular complexity index is 300. The van der Waals surface area contributed by atoms with E-state index in [-0.39, 0.29) is 0 Å². The van der Waals surface area contributed by atoms with Gasteiger partial charge in [-0.1, -0.05) is 89.1 Å². The highest BCUT2D eigenvalue weighted by molar-refractivity contribution is 5.73. The van der Waals surface area contributed by atoms with Crippen molar-refractivity contribution in [1.82, 2.24) is 0 Å². The summed E-state index contributed by atoms with van der Waals surface area (Å²) in [6.07, 6.45) is 15.5. The predicted octanol–water partition coefficient (Wildman–Crippen LogP) is 5.84.